The van der Waals surface area contributed by atoms with E-state index in [0.29, 0.717) is 16.5 Å². The first-order valence-corrected chi connectivity index (χ1v) is 9.02. The predicted octanol–water partition coefficient (Wildman–Crippen LogP) is 5.84. The number of halogens is 2. The lowest BCUT2D eigenvalue weighted by atomic mass is 10.2. The van der Waals surface area contributed by atoms with Crippen LogP contribution in [0.2, 0.25) is 10.2 Å². The van der Waals surface area contributed by atoms with Crippen molar-refractivity contribution in [2.24, 2.45) is 20.5 Å². The number of aromatic nitrogens is 3. The minimum atomic E-state index is -0.0908. The lowest BCUT2D eigenvalue weighted by Gasteiger charge is -2.15. The Balaban J connectivity index is 1.99. The van der Waals surface area contributed by atoms with E-state index in [4.69, 9.17) is 23.2 Å². The molecule has 3 rings (SSSR count). The molecular formula is C15H12Cl2N8OS. The van der Waals surface area contributed by atoms with Gasteiger partial charge in [-0.05, 0) is 6.07 Å². The number of phenols is 1. The van der Waals surface area contributed by atoms with Crippen LogP contribution in [0.3, 0.4) is 0 Å². The van der Waals surface area contributed by atoms with Crippen LogP contribution < -0.4 is 4.90 Å². The highest BCUT2D eigenvalue weighted by atomic mass is 35.5. The predicted molar refractivity (Wildman–Crippen MR) is 105 cm³/mol. The van der Waals surface area contributed by atoms with Crippen LogP contribution >= 0.6 is 34.5 Å². The van der Waals surface area contributed by atoms with E-state index in [1.54, 1.807) is 22.5 Å². The van der Waals surface area contributed by atoms with E-state index in [0.717, 1.165) is 0 Å². The molecule has 2 heterocycles. The fourth-order valence-electron chi connectivity index (χ4n) is 1.95. The normalized spacial score (nSPS) is 11.6. The van der Waals surface area contributed by atoms with Crippen LogP contribution in [0, 0.1) is 0 Å². The molecule has 1 aromatic carbocycles. The van der Waals surface area contributed by atoms with Crippen molar-refractivity contribution in [3.63, 3.8) is 0 Å². The molecule has 0 bridgehead atoms. The summed E-state index contributed by atoms with van der Waals surface area (Å²) in [5, 5.41) is 28.9. The molecule has 0 aliphatic rings. The molecule has 0 saturated carbocycles. The molecule has 27 heavy (non-hydrogen) atoms. The summed E-state index contributed by atoms with van der Waals surface area (Å²) in [6.07, 6.45) is 2.85. The molecule has 2 aromatic heterocycles. The van der Waals surface area contributed by atoms with Crippen LogP contribution in [0.4, 0.5) is 28.0 Å². The number of aromatic hydroxyl groups is 1. The molecule has 0 amide bonds. The number of azo groups is 2. The van der Waals surface area contributed by atoms with Crippen LogP contribution in [0.25, 0.3) is 0 Å². The number of nitrogens with zero attached hydrogens (tertiary/aromatic N) is 8. The Kier molecular flexibility index (Phi) is 5.89. The smallest absolute Gasteiger partial charge is 0.229 e. The lowest BCUT2D eigenvalue weighted by Crippen LogP contribution is -2.08. The molecule has 0 radical (unpaired) electrons. The van der Waals surface area contributed by atoms with Gasteiger partial charge in [0.05, 0.1) is 5.69 Å². The molecule has 1 N–H and O–H groups in total. The summed E-state index contributed by atoms with van der Waals surface area (Å²) >= 11 is 13.2. The summed E-state index contributed by atoms with van der Waals surface area (Å²) < 4.78 is 0. The van der Waals surface area contributed by atoms with E-state index in [9.17, 15) is 5.11 Å². The highest BCUT2D eigenvalue weighted by Gasteiger charge is 2.12. The van der Waals surface area contributed by atoms with Crippen molar-refractivity contribution in [2.45, 2.75) is 0 Å². The molecule has 0 spiro atoms. The third kappa shape index (κ3) is 4.54. The SMILES string of the molecule is CN(C)c1cc(O)c(N=Nc2ncnc(Cl)c2Cl)cc1N=Nc1nccs1. The Morgan fingerprint density at radius 3 is 2.48 bits per heavy atom. The average molecular weight is 423 g/mol. The highest BCUT2D eigenvalue weighted by molar-refractivity contribution is 7.13. The summed E-state index contributed by atoms with van der Waals surface area (Å²) in [6, 6.07) is 3.06. The van der Waals surface area contributed by atoms with Gasteiger partial charge in [-0.3, -0.25) is 0 Å². The number of thiazole rings is 1. The van der Waals surface area contributed by atoms with Gasteiger partial charge < -0.3 is 10.0 Å². The van der Waals surface area contributed by atoms with Crippen molar-refractivity contribution < 1.29 is 5.11 Å². The van der Waals surface area contributed by atoms with Gasteiger partial charge in [-0.15, -0.1) is 31.8 Å². The van der Waals surface area contributed by atoms with Gasteiger partial charge in [0.25, 0.3) is 0 Å². The third-order valence-electron chi connectivity index (χ3n) is 3.20. The third-order valence-corrected chi connectivity index (χ3v) is 4.58. The molecule has 0 unspecified atom stereocenters. The van der Waals surface area contributed by atoms with Crippen molar-refractivity contribution in [1.82, 2.24) is 15.0 Å². The fraction of sp³-hybridized carbons (Fsp3) is 0.133. The number of hydrogen-bond donors (Lipinski definition) is 1. The Labute approximate surface area is 168 Å². The lowest BCUT2D eigenvalue weighted by molar-refractivity contribution is 0.476. The Morgan fingerprint density at radius 1 is 1.00 bits per heavy atom. The van der Waals surface area contributed by atoms with Crippen molar-refractivity contribution in [3.8, 4) is 5.75 Å². The Hall–Kier alpha value is -2.69. The molecule has 0 fully saturated rings. The summed E-state index contributed by atoms with van der Waals surface area (Å²) in [6.45, 7) is 0. The topological polar surface area (TPSA) is 112 Å². The van der Waals surface area contributed by atoms with Gasteiger partial charge in [0, 0.05) is 31.7 Å². The zero-order valence-electron chi connectivity index (χ0n) is 14.1. The monoisotopic (exact) mass is 422 g/mol. The van der Waals surface area contributed by atoms with Crippen LogP contribution in [0.15, 0.2) is 50.5 Å². The van der Waals surface area contributed by atoms with E-state index >= 15 is 0 Å². The van der Waals surface area contributed by atoms with Crippen LogP contribution in [-0.2, 0) is 0 Å². The summed E-state index contributed by atoms with van der Waals surface area (Å²) in [5.41, 5.74) is 1.29. The molecule has 9 nitrogen and oxygen atoms in total. The number of benzene rings is 1. The second-order valence-electron chi connectivity index (χ2n) is 5.24. The Morgan fingerprint density at radius 2 is 1.78 bits per heavy atom. The minimum absolute atomic E-state index is 0.0609. The molecule has 0 aliphatic carbocycles. The summed E-state index contributed by atoms with van der Waals surface area (Å²) in [7, 11) is 3.64. The van der Waals surface area contributed by atoms with Crippen molar-refractivity contribution in [1.29, 1.82) is 0 Å². The van der Waals surface area contributed by atoms with Gasteiger partial charge in [-0.2, -0.15) is 0 Å². The van der Waals surface area contributed by atoms with Gasteiger partial charge in [-0.25, -0.2) is 15.0 Å². The van der Waals surface area contributed by atoms with Crippen molar-refractivity contribution in [2.75, 3.05) is 19.0 Å². The molecule has 0 saturated heterocycles. The maximum absolute atomic E-state index is 10.3. The largest absolute Gasteiger partial charge is 0.506 e. The van der Waals surface area contributed by atoms with Gasteiger partial charge in [0.2, 0.25) is 5.13 Å². The number of anilines is 1. The second kappa shape index (κ2) is 8.33. The van der Waals surface area contributed by atoms with E-state index < -0.39 is 0 Å². The first-order valence-electron chi connectivity index (χ1n) is 7.39. The first-order chi connectivity index (χ1) is 13.0. The minimum Gasteiger partial charge on any atom is -0.506 e. The van der Waals surface area contributed by atoms with Gasteiger partial charge in [0.1, 0.15) is 28.5 Å². The van der Waals surface area contributed by atoms with E-state index in [1.165, 1.54) is 23.7 Å². The van der Waals surface area contributed by atoms with E-state index in [-0.39, 0.29) is 27.4 Å². The van der Waals surface area contributed by atoms with Crippen molar-refractivity contribution in [3.05, 3.63) is 40.2 Å². The number of rotatable bonds is 5. The van der Waals surface area contributed by atoms with E-state index in [2.05, 4.69) is 35.4 Å². The zero-order valence-corrected chi connectivity index (χ0v) is 16.4. The fourth-order valence-corrected chi connectivity index (χ4v) is 2.66. The average Bonchev–Trinajstić information content (AvgIpc) is 3.16. The number of phenolic OH excluding ortho intramolecular Hbond substituents is 1. The molecule has 12 heteroatoms. The quantitative estimate of drug-likeness (QED) is 0.409. The van der Waals surface area contributed by atoms with E-state index in [1.807, 2.05) is 14.1 Å². The number of hydrogen-bond acceptors (Lipinski definition) is 10. The molecule has 0 atom stereocenters. The standard InChI is InChI=1S/C15H12Cl2N8OS/c1-25(2)10-6-11(26)9(5-8(10)21-24-15-18-3-4-27-15)22-23-14-12(16)13(17)19-7-20-14/h3-7,26H,1-2H3. The van der Waals surface area contributed by atoms with Gasteiger partial charge in [0.15, 0.2) is 11.0 Å². The van der Waals surface area contributed by atoms with Gasteiger partial charge in [-0.1, -0.05) is 23.2 Å². The molecule has 3 aromatic rings. The highest BCUT2D eigenvalue weighted by Crippen LogP contribution is 2.40. The van der Waals surface area contributed by atoms with Crippen LogP contribution in [-0.4, -0.2) is 34.2 Å². The first kappa shape index (κ1) is 19.1. The maximum Gasteiger partial charge on any atom is 0.229 e. The van der Waals surface area contributed by atoms with Crippen molar-refractivity contribution >= 4 is 62.6 Å². The second-order valence-corrected chi connectivity index (χ2v) is 6.85. The zero-order chi connectivity index (χ0) is 19.4. The molecular weight excluding hydrogens is 411 g/mol. The maximum atomic E-state index is 10.3. The Bertz CT molecular complexity index is 1010. The van der Waals surface area contributed by atoms with Crippen LogP contribution in [0.1, 0.15) is 0 Å². The summed E-state index contributed by atoms with van der Waals surface area (Å²) in [5.74, 6) is -0.00867. The van der Waals surface area contributed by atoms with Gasteiger partial charge >= 0.3 is 0 Å². The van der Waals surface area contributed by atoms with Crippen LogP contribution in [0.5, 0.6) is 5.75 Å². The molecule has 138 valence electrons. The summed E-state index contributed by atoms with van der Waals surface area (Å²) in [4.78, 5) is 13.5. The molecule has 0 aliphatic heterocycles.